The molecular formula is C10H15N7O. The molecular weight excluding hydrogens is 234 g/mol. The maximum absolute atomic E-state index is 11.3. The summed E-state index contributed by atoms with van der Waals surface area (Å²) in [7, 11) is 1.71. The first-order valence-corrected chi connectivity index (χ1v) is 5.41. The van der Waals surface area contributed by atoms with Gasteiger partial charge in [0.2, 0.25) is 11.9 Å². The fraction of sp³-hybridized carbons (Fsp3) is 0.400. The first-order chi connectivity index (χ1) is 8.44. The van der Waals surface area contributed by atoms with Gasteiger partial charge in [-0.1, -0.05) is 0 Å². The number of amides is 1. The van der Waals surface area contributed by atoms with Crippen molar-refractivity contribution in [3.8, 4) is 0 Å². The van der Waals surface area contributed by atoms with E-state index in [1.54, 1.807) is 27.1 Å². The van der Waals surface area contributed by atoms with Crippen LogP contribution in [0.3, 0.4) is 0 Å². The summed E-state index contributed by atoms with van der Waals surface area (Å²) < 4.78 is 0. The third-order valence-electron chi connectivity index (χ3n) is 2.58. The van der Waals surface area contributed by atoms with Crippen LogP contribution in [0, 0.1) is 0 Å². The summed E-state index contributed by atoms with van der Waals surface area (Å²) in [6.45, 7) is 3.37. The molecule has 0 atom stereocenters. The quantitative estimate of drug-likeness (QED) is 0.608. The molecule has 5 N–H and O–H groups in total. The molecule has 8 heteroatoms. The average molecular weight is 249 g/mol. The van der Waals surface area contributed by atoms with Gasteiger partial charge in [0.05, 0.1) is 11.6 Å². The number of carbonyl (C=O) groups is 1. The normalized spacial score (nSPS) is 11.5. The number of nitrogens with two attached hydrogens (primary N) is 1. The number of primary amides is 1. The molecule has 0 spiro atoms. The summed E-state index contributed by atoms with van der Waals surface area (Å²) in [5.41, 5.74) is 4.99. The van der Waals surface area contributed by atoms with Gasteiger partial charge in [-0.05, 0) is 13.8 Å². The Labute approximate surface area is 103 Å². The van der Waals surface area contributed by atoms with Gasteiger partial charge in [0.15, 0.2) is 5.65 Å². The van der Waals surface area contributed by atoms with Gasteiger partial charge in [-0.2, -0.15) is 15.1 Å². The number of aromatic nitrogens is 4. The highest BCUT2D eigenvalue weighted by molar-refractivity contribution is 5.92. The Kier molecular flexibility index (Phi) is 2.77. The van der Waals surface area contributed by atoms with Crippen molar-refractivity contribution < 1.29 is 4.79 Å². The number of hydrogen-bond acceptors (Lipinski definition) is 6. The molecule has 0 fully saturated rings. The van der Waals surface area contributed by atoms with Crippen LogP contribution in [0.4, 0.5) is 11.8 Å². The Morgan fingerprint density at radius 1 is 1.44 bits per heavy atom. The standard InChI is InChI=1S/C10H15N7O/c1-10(2,8(11)18)16-6-5-4-13-17-7(5)15-9(12-3)14-6/h4H,1-3H3,(H2,11,18)(H3,12,13,14,15,16,17). The fourth-order valence-electron chi connectivity index (χ4n) is 1.40. The molecule has 0 saturated heterocycles. The van der Waals surface area contributed by atoms with Gasteiger partial charge in [0, 0.05) is 7.05 Å². The van der Waals surface area contributed by atoms with Crippen molar-refractivity contribution in [1.82, 2.24) is 20.2 Å². The zero-order valence-electron chi connectivity index (χ0n) is 10.4. The minimum absolute atomic E-state index is 0.425. The van der Waals surface area contributed by atoms with Gasteiger partial charge in [0.25, 0.3) is 0 Å². The highest BCUT2D eigenvalue weighted by atomic mass is 16.1. The number of rotatable bonds is 4. The van der Waals surface area contributed by atoms with Crippen molar-refractivity contribution in [1.29, 1.82) is 0 Å². The van der Waals surface area contributed by atoms with E-state index < -0.39 is 11.4 Å². The predicted octanol–water partition coefficient (Wildman–Crippen LogP) is 0.0704. The van der Waals surface area contributed by atoms with Gasteiger partial charge in [-0.25, -0.2) is 0 Å². The Morgan fingerprint density at radius 3 is 2.78 bits per heavy atom. The fourth-order valence-corrected chi connectivity index (χ4v) is 1.40. The van der Waals surface area contributed by atoms with Crippen LogP contribution in [0.1, 0.15) is 13.8 Å². The van der Waals surface area contributed by atoms with Crippen LogP contribution in [0.2, 0.25) is 0 Å². The predicted molar refractivity (Wildman–Crippen MR) is 68.1 cm³/mol. The topological polar surface area (TPSA) is 122 Å². The van der Waals surface area contributed by atoms with Crippen molar-refractivity contribution in [2.45, 2.75) is 19.4 Å². The summed E-state index contributed by atoms with van der Waals surface area (Å²) in [6.07, 6.45) is 1.59. The molecule has 2 heterocycles. The van der Waals surface area contributed by atoms with Gasteiger partial charge >= 0.3 is 0 Å². The third-order valence-corrected chi connectivity index (χ3v) is 2.58. The van der Waals surface area contributed by atoms with Gasteiger partial charge in [0.1, 0.15) is 11.4 Å². The largest absolute Gasteiger partial charge is 0.368 e. The number of aromatic amines is 1. The molecule has 2 aromatic rings. The second-order valence-electron chi connectivity index (χ2n) is 4.39. The highest BCUT2D eigenvalue weighted by Gasteiger charge is 2.26. The minimum Gasteiger partial charge on any atom is -0.368 e. The summed E-state index contributed by atoms with van der Waals surface area (Å²) in [5.74, 6) is 0.459. The van der Waals surface area contributed by atoms with E-state index in [1.807, 2.05) is 0 Å². The van der Waals surface area contributed by atoms with Crippen molar-refractivity contribution in [3.63, 3.8) is 0 Å². The lowest BCUT2D eigenvalue weighted by atomic mass is 10.1. The molecule has 2 rings (SSSR count). The Bertz CT molecular complexity index is 589. The molecule has 1 amide bonds. The van der Waals surface area contributed by atoms with E-state index in [-0.39, 0.29) is 0 Å². The van der Waals surface area contributed by atoms with Crippen molar-refractivity contribution in [2.75, 3.05) is 17.7 Å². The van der Waals surface area contributed by atoms with Crippen LogP contribution in [0.5, 0.6) is 0 Å². The Balaban J connectivity index is 2.49. The van der Waals surface area contributed by atoms with Gasteiger partial charge < -0.3 is 16.4 Å². The molecule has 18 heavy (non-hydrogen) atoms. The molecule has 2 aromatic heterocycles. The summed E-state index contributed by atoms with van der Waals surface area (Å²) in [6, 6.07) is 0. The zero-order chi connectivity index (χ0) is 13.3. The SMILES string of the molecule is CNc1nc(NC(C)(C)C(N)=O)c2cn[nH]c2n1. The molecule has 0 bridgehead atoms. The Hall–Kier alpha value is -2.38. The van der Waals surface area contributed by atoms with Crippen LogP contribution in [0.15, 0.2) is 6.20 Å². The molecule has 96 valence electrons. The maximum atomic E-state index is 11.3. The van der Waals surface area contributed by atoms with Crippen molar-refractivity contribution in [3.05, 3.63) is 6.20 Å². The second kappa shape index (κ2) is 4.13. The van der Waals surface area contributed by atoms with Crippen LogP contribution < -0.4 is 16.4 Å². The number of nitrogens with zero attached hydrogens (tertiary/aromatic N) is 3. The van der Waals surface area contributed by atoms with Crippen LogP contribution in [0.25, 0.3) is 11.0 Å². The van der Waals surface area contributed by atoms with E-state index in [1.165, 1.54) is 0 Å². The Morgan fingerprint density at radius 2 is 2.17 bits per heavy atom. The molecule has 0 unspecified atom stereocenters. The number of fused-ring (bicyclic) bond motifs is 1. The van der Waals surface area contributed by atoms with E-state index in [2.05, 4.69) is 30.8 Å². The second-order valence-corrected chi connectivity index (χ2v) is 4.39. The lowest BCUT2D eigenvalue weighted by Gasteiger charge is -2.23. The first-order valence-electron chi connectivity index (χ1n) is 5.41. The summed E-state index contributed by atoms with van der Waals surface area (Å²) in [4.78, 5) is 19.8. The van der Waals surface area contributed by atoms with Crippen LogP contribution in [-0.4, -0.2) is 38.7 Å². The van der Waals surface area contributed by atoms with E-state index >= 15 is 0 Å². The molecule has 0 aliphatic rings. The maximum Gasteiger partial charge on any atom is 0.242 e. The van der Waals surface area contributed by atoms with E-state index in [0.717, 1.165) is 0 Å². The molecule has 0 saturated carbocycles. The average Bonchev–Trinajstić information content (AvgIpc) is 2.76. The number of nitrogens with one attached hydrogen (secondary N) is 3. The van der Waals surface area contributed by atoms with Gasteiger partial charge in [-0.15, -0.1) is 0 Å². The summed E-state index contributed by atoms with van der Waals surface area (Å²) >= 11 is 0. The summed E-state index contributed by atoms with van der Waals surface area (Å²) in [5, 5.41) is 13.2. The van der Waals surface area contributed by atoms with Gasteiger partial charge in [-0.3, -0.25) is 9.89 Å². The molecule has 0 aromatic carbocycles. The molecule has 0 aliphatic heterocycles. The van der Waals surface area contributed by atoms with E-state index in [4.69, 9.17) is 5.73 Å². The number of H-pyrrole nitrogens is 1. The lowest BCUT2D eigenvalue weighted by Crippen LogP contribution is -2.45. The van der Waals surface area contributed by atoms with E-state index in [9.17, 15) is 4.79 Å². The minimum atomic E-state index is -0.913. The molecule has 8 nitrogen and oxygen atoms in total. The molecule has 0 aliphatic carbocycles. The smallest absolute Gasteiger partial charge is 0.242 e. The van der Waals surface area contributed by atoms with Crippen LogP contribution >= 0.6 is 0 Å². The van der Waals surface area contributed by atoms with Crippen LogP contribution in [-0.2, 0) is 4.79 Å². The third kappa shape index (κ3) is 2.04. The van der Waals surface area contributed by atoms with Crippen molar-refractivity contribution >= 4 is 28.7 Å². The lowest BCUT2D eigenvalue weighted by molar-refractivity contribution is -0.121. The first kappa shape index (κ1) is 12.1. The number of anilines is 2. The highest BCUT2D eigenvalue weighted by Crippen LogP contribution is 2.22. The number of carbonyl (C=O) groups excluding carboxylic acids is 1. The van der Waals surface area contributed by atoms with E-state index in [0.29, 0.717) is 22.8 Å². The molecule has 0 radical (unpaired) electrons. The number of hydrogen-bond donors (Lipinski definition) is 4. The zero-order valence-corrected chi connectivity index (χ0v) is 10.4. The monoisotopic (exact) mass is 249 g/mol. The van der Waals surface area contributed by atoms with Crippen molar-refractivity contribution in [2.24, 2.45) is 5.73 Å².